The van der Waals surface area contributed by atoms with E-state index in [1.807, 2.05) is 50.4 Å². The van der Waals surface area contributed by atoms with Crippen LogP contribution in [0.5, 0.6) is 0 Å². The molecule has 0 radical (unpaired) electrons. The molecule has 0 aliphatic rings. The van der Waals surface area contributed by atoms with Crippen LogP contribution in [0.15, 0.2) is 54.7 Å². The van der Waals surface area contributed by atoms with Crippen molar-refractivity contribution in [3.05, 3.63) is 70.9 Å². The van der Waals surface area contributed by atoms with Crippen molar-refractivity contribution >= 4 is 40.1 Å². The molecule has 0 spiro atoms. The van der Waals surface area contributed by atoms with Crippen molar-refractivity contribution in [2.24, 2.45) is 7.05 Å². The van der Waals surface area contributed by atoms with Gasteiger partial charge < -0.3 is 10.6 Å². The summed E-state index contributed by atoms with van der Waals surface area (Å²) in [4.78, 5) is 9.31. The molecule has 142 valence electrons. The van der Waals surface area contributed by atoms with Gasteiger partial charge in [-0.1, -0.05) is 41.9 Å². The number of anilines is 3. The monoisotopic (exact) mass is 392 g/mol. The van der Waals surface area contributed by atoms with E-state index in [0.717, 1.165) is 35.2 Å². The van der Waals surface area contributed by atoms with Gasteiger partial charge in [0.15, 0.2) is 5.65 Å². The Morgan fingerprint density at radius 3 is 2.68 bits per heavy atom. The van der Waals surface area contributed by atoms with Gasteiger partial charge in [-0.3, -0.25) is 4.68 Å². The first-order valence-corrected chi connectivity index (χ1v) is 9.48. The molecule has 0 bridgehead atoms. The van der Waals surface area contributed by atoms with E-state index >= 15 is 0 Å². The average Bonchev–Trinajstić information content (AvgIpc) is 3.06. The number of aromatic nitrogens is 4. The second-order valence-corrected chi connectivity index (χ2v) is 7.08. The second-order valence-electron chi connectivity index (χ2n) is 6.65. The number of benzene rings is 2. The molecule has 0 aliphatic carbocycles. The van der Waals surface area contributed by atoms with Crippen LogP contribution in [0.1, 0.15) is 11.1 Å². The van der Waals surface area contributed by atoms with Crippen molar-refractivity contribution in [3.8, 4) is 0 Å². The summed E-state index contributed by atoms with van der Waals surface area (Å²) in [5, 5.41) is 12.6. The molecule has 0 fully saturated rings. The number of aryl methyl sites for hydroxylation is 2. The van der Waals surface area contributed by atoms with E-state index in [1.54, 1.807) is 10.9 Å². The predicted octanol–water partition coefficient (Wildman–Crippen LogP) is 4.72. The molecule has 0 saturated heterocycles. The minimum Gasteiger partial charge on any atom is -0.354 e. The number of fused-ring (bicyclic) bond motifs is 1. The lowest BCUT2D eigenvalue weighted by Crippen LogP contribution is -2.10. The molecule has 2 N–H and O–H groups in total. The van der Waals surface area contributed by atoms with Crippen LogP contribution < -0.4 is 10.6 Å². The Morgan fingerprint density at radius 2 is 1.89 bits per heavy atom. The molecule has 2 aromatic carbocycles. The Balaban J connectivity index is 1.60. The maximum atomic E-state index is 6.07. The van der Waals surface area contributed by atoms with Crippen molar-refractivity contribution in [2.75, 3.05) is 17.2 Å². The third-order valence-electron chi connectivity index (χ3n) is 4.57. The van der Waals surface area contributed by atoms with Crippen LogP contribution in [0.3, 0.4) is 0 Å². The summed E-state index contributed by atoms with van der Waals surface area (Å²) in [6.45, 7) is 2.75. The van der Waals surface area contributed by atoms with Crippen LogP contribution in [-0.4, -0.2) is 26.3 Å². The smallest absolute Gasteiger partial charge is 0.226 e. The summed E-state index contributed by atoms with van der Waals surface area (Å²) in [5.41, 5.74) is 4.03. The first kappa shape index (κ1) is 18.3. The van der Waals surface area contributed by atoms with Crippen LogP contribution in [0.25, 0.3) is 11.0 Å². The predicted molar refractivity (Wildman–Crippen MR) is 114 cm³/mol. The molecule has 28 heavy (non-hydrogen) atoms. The summed E-state index contributed by atoms with van der Waals surface area (Å²) < 4.78 is 1.75. The standard InChI is InChI=1S/C21H21ClN6/c1-14-12-16(22)8-9-18(14)25-19-17-13-24-28(2)20(17)27-21(26-19)23-11-10-15-6-4-3-5-7-15/h3-9,12-13H,10-11H2,1-2H3,(H2,23,25,26,27). The van der Waals surface area contributed by atoms with Gasteiger partial charge in [0.25, 0.3) is 0 Å². The molecule has 6 nitrogen and oxygen atoms in total. The van der Waals surface area contributed by atoms with Crippen molar-refractivity contribution < 1.29 is 0 Å². The highest BCUT2D eigenvalue weighted by atomic mass is 35.5. The van der Waals surface area contributed by atoms with E-state index in [4.69, 9.17) is 11.6 Å². The number of nitrogens with zero attached hydrogens (tertiary/aromatic N) is 4. The Kier molecular flexibility index (Phi) is 5.12. The summed E-state index contributed by atoms with van der Waals surface area (Å²) >= 11 is 6.07. The molecule has 4 aromatic rings. The quantitative estimate of drug-likeness (QED) is 0.496. The fourth-order valence-electron chi connectivity index (χ4n) is 3.05. The van der Waals surface area contributed by atoms with Crippen LogP contribution in [-0.2, 0) is 13.5 Å². The molecule has 0 aliphatic heterocycles. The topological polar surface area (TPSA) is 67.7 Å². The molecule has 4 rings (SSSR count). The fraction of sp³-hybridized carbons (Fsp3) is 0.190. The zero-order valence-electron chi connectivity index (χ0n) is 15.8. The van der Waals surface area contributed by atoms with Gasteiger partial charge in [-0.2, -0.15) is 15.1 Å². The van der Waals surface area contributed by atoms with Crippen molar-refractivity contribution in [1.82, 2.24) is 19.7 Å². The van der Waals surface area contributed by atoms with Crippen molar-refractivity contribution in [1.29, 1.82) is 0 Å². The Labute approximate surface area is 168 Å². The van der Waals surface area contributed by atoms with Crippen LogP contribution in [0, 0.1) is 6.92 Å². The van der Waals surface area contributed by atoms with Gasteiger partial charge in [0, 0.05) is 24.3 Å². The van der Waals surface area contributed by atoms with Gasteiger partial charge in [0.1, 0.15) is 5.82 Å². The van der Waals surface area contributed by atoms with Gasteiger partial charge in [0.2, 0.25) is 5.95 Å². The maximum absolute atomic E-state index is 6.07. The molecule has 2 heterocycles. The highest BCUT2D eigenvalue weighted by Crippen LogP contribution is 2.27. The summed E-state index contributed by atoms with van der Waals surface area (Å²) in [6, 6.07) is 16.1. The largest absolute Gasteiger partial charge is 0.354 e. The molecular weight excluding hydrogens is 372 g/mol. The summed E-state index contributed by atoms with van der Waals surface area (Å²) in [6.07, 6.45) is 2.67. The Morgan fingerprint density at radius 1 is 1.07 bits per heavy atom. The number of hydrogen-bond donors (Lipinski definition) is 2. The number of halogens is 1. The maximum Gasteiger partial charge on any atom is 0.226 e. The molecule has 0 saturated carbocycles. The average molecular weight is 393 g/mol. The van der Waals surface area contributed by atoms with Crippen LogP contribution in [0.4, 0.5) is 17.5 Å². The molecule has 2 aromatic heterocycles. The molecule has 0 atom stereocenters. The van der Waals surface area contributed by atoms with E-state index < -0.39 is 0 Å². The summed E-state index contributed by atoms with van der Waals surface area (Å²) in [5.74, 6) is 1.28. The number of nitrogens with one attached hydrogen (secondary N) is 2. The van der Waals surface area contributed by atoms with Gasteiger partial charge in [-0.05, 0) is 42.7 Å². The van der Waals surface area contributed by atoms with Gasteiger partial charge in [-0.25, -0.2) is 0 Å². The fourth-order valence-corrected chi connectivity index (χ4v) is 3.28. The van der Waals surface area contributed by atoms with Gasteiger partial charge in [-0.15, -0.1) is 0 Å². The third-order valence-corrected chi connectivity index (χ3v) is 4.81. The van der Waals surface area contributed by atoms with Crippen LogP contribution >= 0.6 is 11.6 Å². The van der Waals surface area contributed by atoms with Crippen molar-refractivity contribution in [3.63, 3.8) is 0 Å². The highest BCUT2D eigenvalue weighted by Gasteiger charge is 2.12. The zero-order valence-corrected chi connectivity index (χ0v) is 16.5. The minimum absolute atomic E-state index is 0.571. The van der Waals surface area contributed by atoms with Gasteiger partial charge >= 0.3 is 0 Å². The lowest BCUT2D eigenvalue weighted by Gasteiger charge is -2.12. The molecule has 0 unspecified atom stereocenters. The number of rotatable bonds is 6. The van der Waals surface area contributed by atoms with E-state index in [9.17, 15) is 0 Å². The highest BCUT2D eigenvalue weighted by molar-refractivity contribution is 6.30. The van der Waals surface area contributed by atoms with E-state index in [0.29, 0.717) is 16.8 Å². The van der Waals surface area contributed by atoms with E-state index in [-0.39, 0.29) is 0 Å². The van der Waals surface area contributed by atoms with E-state index in [2.05, 4.69) is 37.8 Å². The third kappa shape index (κ3) is 3.92. The lowest BCUT2D eigenvalue weighted by molar-refractivity contribution is 0.785. The Hall–Kier alpha value is -3.12. The second kappa shape index (κ2) is 7.86. The molecular formula is C21H21ClN6. The summed E-state index contributed by atoms with van der Waals surface area (Å²) in [7, 11) is 1.88. The Bertz CT molecular complexity index is 1110. The first-order chi connectivity index (χ1) is 13.6. The lowest BCUT2D eigenvalue weighted by atomic mass is 10.1. The minimum atomic E-state index is 0.571. The molecule has 7 heteroatoms. The normalized spacial score (nSPS) is 11.0. The van der Waals surface area contributed by atoms with E-state index in [1.165, 1.54) is 5.56 Å². The first-order valence-electron chi connectivity index (χ1n) is 9.11. The van der Waals surface area contributed by atoms with Crippen molar-refractivity contribution in [2.45, 2.75) is 13.3 Å². The number of hydrogen-bond acceptors (Lipinski definition) is 5. The zero-order chi connectivity index (χ0) is 19.5. The SMILES string of the molecule is Cc1cc(Cl)ccc1Nc1nc(NCCc2ccccc2)nc2c1cnn2C. The molecule has 0 amide bonds. The van der Waals surface area contributed by atoms with Crippen LogP contribution in [0.2, 0.25) is 5.02 Å². The van der Waals surface area contributed by atoms with Gasteiger partial charge in [0.05, 0.1) is 11.6 Å².